The summed E-state index contributed by atoms with van der Waals surface area (Å²) >= 11 is 6.44. The molecule has 0 bridgehead atoms. The van der Waals surface area contributed by atoms with E-state index in [9.17, 15) is 9.59 Å². The summed E-state index contributed by atoms with van der Waals surface area (Å²) in [6.07, 6.45) is 2.89. The molecule has 0 aromatic heterocycles. The van der Waals surface area contributed by atoms with E-state index in [1.165, 1.54) is 0 Å². The summed E-state index contributed by atoms with van der Waals surface area (Å²) in [7, 11) is 1.75. The van der Waals surface area contributed by atoms with Crippen LogP contribution in [-0.2, 0) is 19.9 Å². The van der Waals surface area contributed by atoms with Gasteiger partial charge in [-0.15, -0.1) is 0 Å². The fraction of sp³-hybridized carbons (Fsp3) is 0.579. The molecule has 0 unspecified atom stereocenters. The minimum Gasteiger partial charge on any atom is -0.379 e. The van der Waals surface area contributed by atoms with E-state index < -0.39 is 5.54 Å². The molecule has 2 fully saturated rings. The van der Waals surface area contributed by atoms with Crippen LogP contribution in [0.1, 0.15) is 31.2 Å². The van der Waals surface area contributed by atoms with Crippen LogP contribution in [0.4, 0.5) is 0 Å². The molecule has 0 N–H and O–H groups in total. The summed E-state index contributed by atoms with van der Waals surface area (Å²) in [5, 5.41) is 0.545. The van der Waals surface area contributed by atoms with E-state index in [2.05, 4.69) is 4.90 Å². The zero-order chi connectivity index (χ0) is 17.9. The number of Topliss-reactive ketones (excluding diaryl/α,β-unsaturated/α-hetero) is 1. The number of morpholine rings is 1. The Morgan fingerprint density at radius 3 is 2.68 bits per heavy atom. The Hall–Kier alpha value is -1.43. The molecule has 1 amide bonds. The summed E-state index contributed by atoms with van der Waals surface area (Å²) in [5.74, 6) is 0.0433. The van der Waals surface area contributed by atoms with E-state index in [4.69, 9.17) is 16.3 Å². The van der Waals surface area contributed by atoms with E-state index in [-0.39, 0.29) is 11.7 Å². The summed E-state index contributed by atoms with van der Waals surface area (Å²) < 4.78 is 5.34. The molecular weight excluding hydrogens is 340 g/mol. The van der Waals surface area contributed by atoms with Crippen LogP contribution < -0.4 is 0 Å². The van der Waals surface area contributed by atoms with Gasteiger partial charge in [-0.1, -0.05) is 29.8 Å². The monoisotopic (exact) mass is 364 g/mol. The lowest BCUT2D eigenvalue weighted by atomic mass is 9.74. The highest BCUT2D eigenvalue weighted by molar-refractivity contribution is 6.31. The molecule has 1 aliphatic heterocycles. The molecule has 0 spiro atoms. The number of nitrogens with zero attached hydrogens (tertiary/aromatic N) is 2. The summed E-state index contributed by atoms with van der Waals surface area (Å²) in [6.45, 7) is 3.08. The van der Waals surface area contributed by atoms with Crippen LogP contribution in [0.2, 0.25) is 5.02 Å². The van der Waals surface area contributed by atoms with E-state index in [0.717, 1.165) is 31.5 Å². The molecule has 136 valence electrons. The predicted molar refractivity (Wildman–Crippen MR) is 96.6 cm³/mol. The Morgan fingerprint density at radius 1 is 1.28 bits per heavy atom. The molecule has 3 rings (SSSR count). The molecule has 6 heteroatoms. The first-order chi connectivity index (χ1) is 12.1. The number of rotatable bonds is 4. The number of hydrogen-bond acceptors (Lipinski definition) is 4. The first-order valence-corrected chi connectivity index (χ1v) is 9.28. The maximum Gasteiger partial charge on any atom is 0.237 e. The van der Waals surface area contributed by atoms with Gasteiger partial charge in [0.1, 0.15) is 5.54 Å². The fourth-order valence-corrected chi connectivity index (χ4v) is 4.19. The zero-order valence-corrected chi connectivity index (χ0v) is 15.4. The standard InChI is InChI=1S/C19H25ClN2O3/c1-21(18(24)14-22-10-12-25-13-11-22)19(9-5-4-8-17(19)23)15-6-2-3-7-16(15)20/h2-3,6-7H,4-5,8-14H2,1H3/t19-/m1/s1. The number of likely N-dealkylation sites (N-methyl/N-ethyl adjacent to an activating group) is 1. The second-order valence-corrected chi connectivity index (χ2v) is 7.22. The van der Waals surface area contributed by atoms with Gasteiger partial charge in [-0.05, 0) is 25.3 Å². The number of ketones is 1. The summed E-state index contributed by atoms with van der Waals surface area (Å²) in [5.41, 5.74) is -0.195. The van der Waals surface area contributed by atoms with E-state index in [1.807, 2.05) is 18.2 Å². The van der Waals surface area contributed by atoms with Crippen molar-refractivity contribution in [3.63, 3.8) is 0 Å². The second-order valence-electron chi connectivity index (χ2n) is 6.81. The molecule has 1 aromatic carbocycles. The highest BCUT2D eigenvalue weighted by Gasteiger charge is 2.47. The van der Waals surface area contributed by atoms with Gasteiger partial charge >= 0.3 is 0 Å². The van der Waals surface area contributed by atoms with Crippen LogP contribution in [0, 0.1) is 0 Å². The molecule has 1 atom stereocenters. The van der Waals surface area contributed by atoms with E-state index in [1.54, 1.807) is 18.0 Å². The third-order valence-electron chi connectivity index (χ3n) is 5.38. The van der Waals surface area contributed by atoms with Gasteiger partial charge in [-0.25, -0.2) is 0 Å². The molecule has 1 aliphatic carbocycles. The number of amides is 1. The number of benzene rings is 1. The molecule has 1 saturated carbocycles. The number of hydrogen-bond donors (Lipinski definition) is 0. The Morgan fingerprint density at radius 2 is 2.00 bits per heavy atom. The lowest BCUT2D eigenvalue weighted by molar-refractivity contribution is -0.149. The fourth-order valence-electron chi connectivity index (χ4n) is 3.90. The quantitative estimate of drug-likeness (QED) is 0.823. The van der Waals surface area contributed by atoms with Gasteiger partial charge in [-0.3, -0.25) is 14.5 Å². The van der Waals surface area contributed by atoms with Crippen molar-refractivity contribution in [3.05, 3.63) is 34.9 Å². The smallest absolute Gasteiger partial charge is 0.237 e. The highest BCUT2D eigenvalue weighted by Crippen LogP contribution is 2.42. The minimum atomic E-state index is -0.944. The molecule has 1 heterocycles. The van der Waals surface area contributed by atoms with E-state index in [0.29, 0.717) is 37.6 Å². The molecule has 1 aromatic rings. The third-order valence-corrected chi connectivity index (χ3v) is 5.71. The first kappa shape index (κ1) is 18.4. The lowest BCUT2D eigenvalue weighted by Crippen LogP contribution is -2.56. The lowest BCUT2D eigenvalue weighted by Gasteiger charge is -2.44. The topological polar surface area (TPSA) is 49.9 Å². The van der Waals surface area contributed by atoms with Crippen molar-refractivity contribution < 1.29 is 14.3 Å². The Labute approximate surface area is 153 Å². The molecular formula is C19H25ClN2O3. The van der Waals surface area contributed by atoms with Crippen LogP contribution in [0.15, 0.2) is 24.3 Å². The average molecular weight is 365 g/mol. The van der Waals surface area contributed by atoms with Crippen molar-refractivity contribution in [3.8, 4) is 0 Å². The molecule has 1 saturated heterocycles. The normalized spacial score (nSPS) is 25.0. The Balaban J connectivity index is 1.90. The number of carbonyl (C=O) groups is 2. The van der Waals surface area contributed by atoms with Crippen molar-refractivity contribution in [1.29, 1.82) is 0 Å². The van der Waals surface area contributed by atoms with Crippen LogP contribution in [-0.4, -0.2) is 61.4 Å². The number of ether oxygens (including phenoxy) is 1. The minimum absolute atomic E-state index is 0.0444. The maximum absolute atomic E-state index is 13.0. The molecule has 5 nitrogen and oxygen atoms in total. The van der Waals surface area contributed by atoms with Gasteiger partial charge in [0.05, 0.1) is 19.8 Å². The number of carbonyl (C=O) groups excluding carboxylic acids is 2. The van der Waals surface area contributed by atoms with Crippen molar-refractivity contribution in [2.24, 2.45) is 0 Å². The maximum atomic E-state index is 13.0. The highest BCUT2D eigenvalue weighted by atomic mass is 35.5. The molecule has 0 radical (unpaired) electrons. The first-order valence-electron chi connectivity index (χ1n) is 8.91. The van der Waals surface area contributed by atoms with Gasteiger partial charge in [0.25, 0.3) is 0 Å². The summed E-state index contributed by atoms with van der Waals surface area (Å²) in [6, 6.07) is 7.40. The van der Waals surface area contributed by atoms with Crippen molar-refractivity contribution in [2.75, 3.05) is 39.9 Å². The van der Waals surface area contributed by atoms with Crippen molar-refractivity contribution in [1.82, 2.24) is 9.80 Å². The molecule has 2 aliphatic rings. The van der Waals surface area contributed by atoms with Gasteiger partial charge < -0.3 is 9.64 Å². The van der Waals surface area contributed by atoms with E-state index >= 15 is 0 Å². The van der Waals surface area contributed by atoms with Crippen LogP contribution in [0.5, 0.6) is 0 Å². The predicted octanol–water partition coefficient (Wildman–Crippen LogP) is 2.47. The molecule has 25 heavy (non-hydrogen) atoms. The average Bonchev–Trinajstić information content (AvgIpc) is 2.63. The van der Waals surface area contributed by atoms with Crippen LogP contribution >= 0.6 is 11.6 Å². The summed E-state index contributed by atoms with van der Waals surface area (Å²) in [4.78, 5) is 29.7. The Kier molecular flexibility index (Phi) is 5.77. The van der Waals surface area contributed by atoms with Crippen molar-refractivity contribution >= 4 is 23.3 Å². The van der Waals surface area contributed by atoms with Crippen LogP contribution in [0.3, 0.4) is 0 Å². The zero-order valence-electron chi connectivity index (χ0n) is 14.7. The van der Waals surface area contributed by atoms with Gasteiger partial charge in [-0.2, -0.15) is 0 Å². The third kappa shape index (κ3) is 3.59. The Bertz CT molecular complexity index is 645. The van der Waals surface area contributed by atoms with Crippen LogP contribution in [0.25, 0.3) is 0 Å². The van der Waals surface area contributed by atoms with Gasteiger partial charge in [0.2, 0.25) is 5.91 Å². The second kappa shape index (κ2) is 7.85. The number of halogens is 1. The van der Waals surface area contributed by atoms with Gasteiger partial charge in [0, 0.05) is 37.1 Å². The largest absolute Gasteiger partial charge is 0.379 e. The van der Waals surface area contributed by atoms with Gasteiger partial charge in [0.15, 0.2) is 5.78 Å². The van der Waals surface area contributed by atoms with Crippen molar-refractivity contribution in [2.45, 2.75) is 31.2 Å². The SMILES string of the molecule is CN(C(=O)CN1CCOCC1)[C@@]1(c2ccccc2Cl)CCCCC1=O.